The lowest BCUT2D eigenvalue weighted by Crippen LogP contribution is -2.68. The first kappa shape index (κ1) is 33.6. The Hall–Kier alpha value is -1.91. The van der Waals surface area contributed by atoms with Crippen LogP contribution in [0, 0.1) is 0 Å². The van der Waals surface area contributed by atoms with Crippen LogP contribution in [0.5, 0.6) is 0 Å². The molecule has 13 atom stereocenters. The van der Waals surface area contributed by atoms with E-state index in [-0.39, 0.29) is 18.6 Å². The van der Waals surface area contributed by atoms with E-state index >= 15 is 0 Å². The number of likely N-dealkylation sites (N-methyl/N-ethyl adjacent to an activating group) is 1. The summed E-state index contributed by atoms with van der Waals surface area (Å²) in [5.74, 6) is -1.56. The average Bonchev–Trinajstić information content (AvgIpc) is 2.85. The van der Waals surface area contributed by atoms with Gasteiger partial charge in [-0.25, -0.2) is 0 Å². The molecule has 0 aromatic carbocycles. The highest BCUT2D eigenvalue weighted by Gasteiger charge is 2.54. The third kappa shape index (κ3) is 8.14. The van der Waals surface area contributed by atoms with Crippen LogP contribution in [0.25, 0.3) is 0 Å². The van der Waals surface area contributed by atoms with Crippen molar-refractivity contribution >= 4 is 17.9 Å². The van der Waals surface area contributed by atoms with E-state index in [1.807, 2.05) is 6.92 Å². The highest BCUT2D eigenvalue weighted by Crippen LogP contribution is 2.38. The van der Waals surface area contributed by atoms with Gasteiger partial charge in [0.2, 0.25) is 0 Å². The minimum atomic E-state index is -1.01. The summed E-state index contributed by atoms with van der Waals surface area (Å²) >= 11 is 0. The molecule has 3 fully saturated rings. The SMILES string of the molecule is CN[C@@H]1[C@@H](OC(C)=O)[C@@H](O[C@@H]2[C@@H](OC(C)=O)[C@H](O[C@H]3O[C@H]([C@@H](C)N)CC[C@H]3N)[C@@H](N)C[C@H]2N)CC[C@]1(C)OC(C)=O. The molecule has 14 heteroatoms. The first-order valence-corrected chi connectivity index (χ1v) is 14.4. The monoisotopic (exact) mass is 587 g/mol. The Balaban J connectivity index is 1.89. The summed E-state index contributed by atoms with van der Waals surface area (Å²) in [5, 5.41) is 3.13. The summed E-state index contributed by atoms with van der Waals surface area (Å²) < 4.78 is 36.1. The number of carbonyl (C=O) groups excluding carboxylic acids is 3. The molecular formula is C27H49N5O9. The third-order valence-electron chi connectivity index (χ3n) is 8.26. The lowest BCUT2D eigenvalue weighted by molar-refractivity contribution is -0.269. The molecule has 1 aliphatic heterocycles. The van der Waals surface area contributed by atoms with Crippen LogP contribution in [0.3, 0.4) is 0 Å². The average molecular weight is 588 g/mol. The molecule has 0 aromatic rings. The summed E-state index contributed by atoms with van der Waals surface area (Å²) in [4.78, 5) is 36.3. The van der Waals surface area contributed by atoms with Gasteiger partial charge in [0.25, 0.3) is 0 Å². The summed E-state index contributed by atoms with van der Waals surface area (Å²) in [7, 11) is 1.69. The van der Waals surface area contributed by atoms with Crippen LogP contribution in [-0.2, 0) is 42.8 Å². The number of rotatable bonds is 9. The normalized spacial score (nSPS) is 42.1. The second kappa shape index (κ2) is 14.0. The fourth-order valence-corrected chi connectivity index (χ4v) is 6.35. The van der Waals surface area contributed by atoms with Crippen molar-refractivity contribution in [3.05, 3.63) is 0 Å². The maximum atomic E-state index is 12.3. The Morgan fingerprint density at radius 2 is 1.44 bits per heavy atom. The maximum absolute atomic E-state index is 12.3. The Labute approximate surface area is 241 Å². The maximum Gasteiger partial charge on any atom is 0.303 e. The van der Waals surface area contributed by atoms with E-state index in [2.05, 4.69) is 5.32 Å². The molecule has 41 heavy (non-hydrogen) atoms. The minimum absolute atomic E-state index is 0.232. The van der Waals surface area contributed by atoms with Crippen LogP contribution in [0.2, 0.25) is 0 Å². The van der Waals surface area contributed by atoms with Crippen molar-refractivity contribution in [1.82, 2.24) is 5.32 Å². The van der Waals surface area contributed by atoms with Crippen molar-refractivity contribution < 1.29 is 42.8 Å². The number of esters is 3. The zero-order valence-corrected chi connectivity index (χ0v) is 24.9. The Morgan fingerprint density at radius 3 is 1.98 bits per heavy atom. The Bertz CT molecular complexity index is 926. The second-order valence-corrected chi connectivity index (χ2v) is 11.8. The van der Waals surface area contributed by atoms with E-state index in [4.69, 9.17) is 51.4 Å². The third-order valence-corrected chi connectivity index (χ3v) is 8.26. The molecule has 1 saturated heterocycles. The van der Waals surface area contributed by atoms with Crippen LogP contribution in [-0.4, -0.2) is 104 Å². The van der Waals surface area contributed by atoms with Gasteiger partial charge in [-0.2, -0.15) is 0 Å². The van der Waals surface area contributed by atoms with E-state index in [9.17, 15) is 14.4 Å². The van der Waals surface area contributed by atoms with Crippen molar-refractivity contribution in [3.63, 3.8) is 0 Å². The molecule has 0 bridgehead atoms. The first-order chi connectivity index (χ1) is 19.2. The minimum Gasteiger partial charge on any atom is -0.458 e. The highest BCUT2D eigenvalue weighted by molar-refractivity contribution is 5.67. The highest BCUT2D eigenvalue weighted by atomic mass is 16.7. The predicted octanol–water partition coefficient (Wildman–Crippen LogP) is -1.07. The quantitative estimate of drug-likeness (QED) is 0.160. The van der Waals surface area contributed by atoms with Gasteiger partial charge < -0.3 is 56.7 Å². The molecule has 2 aliphatic carbocycles. The molecule has 2 saturated carbocycles. The van der Waals surface area contributed by atoms with Gasteiger partial charge in [-0.1, -0.05) is 0 Å². The second-order valence-electron chi connectivity index (χ2n) is 11.8. The van der Waals surface area contributed by atoms with Crippen LogP contribution in [0.4, 0.5) is 0 Å². The molecule has 3 rings (SSSR count). The largest absolute Gasteiger partial charge is 0.458 e. The Kier molecular flexibility index (Phi) is 11.5. The molecule has 1 heterocycles. The number of nitrogens with two attached hydrogens (primary N) is 4. The van der Waals surface area contributed by atoms with Crippen molar-refractivity contribution in [1.29, 1.82) is 0 Å². The lowest BCUT2D eigenvalue weighted by atomic mass is 9.77. The zero-order valence-electron chi connectivity index (χ0n) is 24.9. The van der Waals surface area contributed by atoms with Crippen molar-refractivity contribution in [2.24, 2.45) is 22.9 Å². The predicted molar refractivity (Wildman–Crippen MR) is 147 cm³/mol. The van der Waals surface area contributed by atoms with Crippen LogP contribution in [0.1, 0.15) is 66.7 Å². The molecule has 0 aromatic heterocycles. The first-order valence-electron chi connectivity index (χ1n) is 14.4. The van der Waals surface area contributed by atoms with Gasteiger partial charge in [-0.05, 0) is 53.0 Å². The van der Waals surface area contributed by atoms with Gasteiger partial charge >= 0.3 is 17.9 Å². The van der Waals surface area contributed by atoms with Crippen molar-refractivity contribution in [3.8, 4) is 0 Å². The van der Waals surface area contributed by atoms with Crippen molar-refractivity contribution in [2.75, 3.05) is 7.05 Å². The number of hydrogen-bond acceptors (Lipinski definition) is 14. The van der Waals surface area contributed by atoms with Gasteiger partial charge in [0, 0.05) is 38.9 Å². The molecule has 236 valence electrons. The molecule has 0 amide bonds. The Morgan fingerprint density at radius 1 is 0.854 bits per heavy atom. The smallest absolute Gasteiger partial charge is 0.303 e. The van der Waals surface area contributed by atoms with Gasteiger partial charge in [0.15, 0.2) is 12.4 Å². The molecule has 0 spiro atoms. The standard InChI is InChI=1S/C27H49N5O9/c1-12(28)19-8-7-16(29)26(39-19)40-22-18(31)11-17(30)21(24(22)37-14(3)34)38-20-9-10-27(5,41-15(4)35)25(32-6)23(20)36-13(2)33/h12,16-26,32H,7-11,28-31H2,1-6H3/t12-,16-,17-,18+,19+,20+,21+,22-,23+,24-,25-,26-,27+/m1/s1. The molecule has 3 aliphatic rings. The van der Waals surface area contributed by atoms with E-state index in [0.29, 0.717) is 25.7 Å². The van der Waals surface area contributed by atoms with Gasteiger partial charge in [0.05, 0.1) is 24.3 Å². The summed E-state index contributed by atoms with van der Waals surface area (Å²) in [6.45, 7) is 7.53. The summed E-state index contributed by atoms with van der Waals surface area (Å²) in [5.41, 5.74) is 24.5. The van der Waals surface area contributed by atoms with E-state index in [0.717, 1.165) is 0 Å². The number of hydrogen-bond donors (Lipinski definition) is 5. The van der Waals surface area contributed by atoms with E-state index in [1.54, 1.807) is 14.0 Å². The van der Waals surface area contributed by atoms with Gasteiger partial charge in [-0.15, -0.1) is 0 Å². The van der Waals surface area contributed by atoms with Crippen molar-refractivity contribution in [2.45, 2.75) is 145 Å². The molecule has 9 N–H and O–H groups in total. The van der Waals surface area contributed by atoms with Crippen LogP contribution < -0.4 is 28.3 Å². The zero-order chi connectivity index (χ0) is 30.6. The number of carbonyl (C=O) groups is 3. The fourth-order valence-electron chi connectivity index (χ4n) is 6.35. The number of nitrogens with one attached hydrogen (secondary N) is 1. The van der Waals surface area contributed by atoms with E-state index in [1.165, 1.54) is 20.8 Å². The van der Waals surface area contributed by atoms with Gasteiger partial charge in [0.1, 0.15) is 23.9 Å². The molecule has 0 radical (unpaired) electrons. The van der Waals surface area contributed by atoms with E-state index < -0.39 is 84.5 Å². The van der Waals surface area contributed by atoms with Crippen LogP contribution >= 0.6 is 0 Å². The fraction of sp³-hybridized carbons (Fsp3) is 0.889. The van der Waals surface area contributed by atoms with Gasteiger partial charge in [-0.3, -0.25) is 14.4 Å². The summed E-state index contributed by atoms with van der Waals surface area (Å²) in [6, 6.07) is -2.52. The molecule has 0 unspecified atom stereocenters. The number of ether oxygens (including phenoxy) is 6. The molecule has 14 nitrogen and oxygen atoms in total. The lowest BCUT2D eigenvalue weighted by Gasteiger charge is -2.50. The van der Waals surface area contributed by atoms with Crippen LogP contribution in [0.15, 0.2) is 0 Å². The summed E-state index contributed by atoms with van der Waals surface area (Å²) in [6.07, 6.45) is -2.96. The topological polar surface area (TPSA) is 223 Å². The molecular weight excluding hydrogens is 538 g/mol.